The zero-order chi connectivity index (χ0) is 15.7. The van der Waals surface area contributed by atoms with E-state index >= 15 is 0 Å². The molecule has 0 saturated carbocycles. The van der Waals surface area contributed by atoms with Gasteiger partial charge in [0.05, 0.1) is 22.7 Å². The molecule has 114 valence electrons. The molecule has 0 saturated heterocycles. The molecule has 3 heterocycles. The van der Waals surface area contributed by atoms with Crippen molar-refractivity contribution >= 4 is 23.1 Å². The van der Waals surface area contributed by atoms with Gasteiger partial charge in [-0.25, -0.2) is 4.98 Å². The SMILES string of the molecule is Cc1cc(NC(=O)Cc2nc(-c3cccs3)oc2C)n(C)n1. The van der Waals surface area contributed by atoms with Gasteiger partial charge < -0.3 is 9.73 Å². The maximum Gasteiger partial charge on any atom is 0.236 e. The van der Waals surface area contributed by atoms with E-state index in [9.17, 15) is 4.79 Å². The zero-order valence-corrected chi connectivity index (χ0v) is 13.4. The molecule has 1 N–H and O–H groups in total. The normalized spacial score (nSPS) is 10.9. The van der Waals surface area contributed by atoms with Crippen LogP contribution in [0, 0.1) is 13.8 Å². The number of nitrogens with one attached hydrogen (secondary N) is 1. The number of thiophene rings is 1. The van der Waals surface area contributed by atoms with Gasteiger partial charge in [-0.05, 0) is 25.3 Å². The highest BCUT2D eigenvalue weighted by Crippen LogP contribution is 2.26. The minimum Gasteiger partial charge on any atom is -0.440 e. The van der Waals surface area contributed by atoms with Gasteiger partial charge in [-0.2, -0.15) is 5.10 Å². The monoisotopic (exact) mass is 316 g/mol. The first-order valence-corrected chi connectivity index (χ1v) is 7.71. The molecule has 3 rings (SSSR count). The summed E-state index contributed by atoms with van der Waals surface area (Å²) in [5.74, 6) is 1.76. The molecule has 22 heavy (non-hydrogen) atoms. The van der Waals surface area contributed by atoms with Gasteiger partial charge in [0.25, 0.3) is 0 Å². The summed E-state index contributed by atoms with van der Waals surface area (Å²) in [6.07, 6.45) is 0.172. The van der Waals surface area contributed by atoms with Crippen LogP contribution in [0.15, 0.2) is 28.0 Å². The van der Waals surface area contributed by atoms with Crippen LogP contribution in [0.3, 0.4) is 0 Å². The van der Waals surface area contributed by atoms with Gasteiger partial charge in [-0.1, -0.05) is 6.07 Å². The molecular formula is C15H16N4O2S. The van der Waals surface area contributed by atoms with Crippen LogP contribution in [-0.2, 0) is 18.3 Å². The summed E-state index contributed by atoms with van der Waals surface area (Å²) in [7, 11) is 1.79. The van der Waals surface area contributed by atoms with Crippen molar-refractivity contribution < 1.29 is 9.21 Å². The van der Waals surface area contributed by atoms with E-state index in [2.05, 4.69) is 15.4 Å². The largest absolute Gasteiger partial charge is 0.440 e. The molecule has 0 unspecified atom stereocenters. The molecular weight excluding hydrogens is 300 g/mol. The summed E-state index contributed by atoms with van der Waals surface area (Å²) >= 11 is 1.56. The van der Waals surface area contributed by atoms with E-state index in [-0.39, 0.29) is 12.3 Å². The fourth-order valence-corrected chi connectivity index (χ4v) is 2.81. The third-order valence-corrected chi connectivity index (χ3v) is 4.08. The second-order valence-corrected chi connectivity index (χ2v) is 5.97. The number of aromatic nitrogens is 3. The van der Waals surface area contributed by atoms with Gasteiger partial charge in [0.15, 0.2) is 0 Å². The lowest BCUT2D eigenvalue weighted by Gasteiger charge is -2.03. The molecule has 0 aliphatic carbocycles. The third kappa shape index (κ3) is 2.94. The zero-order valence-electron chi connectivity index (χ0n) is 12.6. The Balaban J connectivity index is 1.73. The predicted octanol–water partition coefficient (Wildman–Crippen LogP) is 2.93. The Hall–Kier alpha value is -2.41. The number of aryl methyl sites for hydroxylation is 3. The van der Waals surface area contributed by atoms with Crippen molar-refractivity contribution in [2.45, 2.75) is 20.3 Å². The Morgan fingerprint density at radius 1 is 1.45 bits per heavy atom. The topological polar surface area (TPSA) is 73.0 Å². The second-order valence-electron chi connectivity index (χ2n) is 5.02. The summed E-state index contributed by atoms with van der Waals surface area (Å²) in [5.41, 5.74) is 1.51. The number of carbonyl (C=O) groups excluding carboxylic acids is 1. The summed E-state index contributed by atoms with van der Waals surface area (Å²) in [4.78, 5) is 17.5. The Kier molecular flexibility index (Phi) is 3.81. The van der Waals surface area contributed by atoms with Crippen molar-refractivity contribution in [1.82, 2.24) is 14.8 Å². The Morgan fingerprint density at radius 3 is 2.91 bits per heavy atom. The van der Waals surface area contributed by atoms with E-state index in [0.717, 1.165) is 10.6 Å². The average molecular weight is 316 g/mol. The smallest absolute Gasteiger partial charge is 0.236 e. The van der Waals surface area contributed by atoms with Gasteiger partial charge in [0.1, 0.15) is 11.6 Å². The van der Waals surface area contributed by atoms with Crippen LogP contribution in [0.4, 0.5) is 5.82 Å². The minimum atomic E-state index is -0.142. The van der Waals surface area contributed by atoms with Gasteiger partial charge in [-0.15, -0.1) is 11.3 Å². The van der Waals surface area contributed by atoms with Gasteiger partial charge >= 0.3 is 0 Å². The molecule has 3 aromatic heterocycles. The number of oxazole rings is 1. The first kappa shape index (κ1) is 14.5. The van der Waals surface area contributed by atoms with Crippen LogP contribution < -0.4 is 5.32 Å². The van der Waals surface area contributed by atoms with E-state index in [4.69, 9.17) is 4.42 Å². The van der Waals surface area contributed by atoms with Crippen LogP contribution in [0.2, 0.25) is 0 Å². The number of amides is 1. The van der Waals surface area contributed by atoms with Gasteiger partial charge in [-0.3, -0.25) is 9.48 Å². The summed E-state index contributed by atoms with van der Waals surface area (Å²) < 4.78 is 7.28. The molecule has 0 aliphatic rings. The Morgan fingerprint density at radius 2 is 2.27 bits per heavy atom. The number of nitrogens with zero attached hydrogens (tertiary/aromatic N) is 3. The lowest BCUT2D eigenvalue weighted by molar-refractivity contribution is -0.115. The molecule has 0 bridgehead atoms. The summed E-state index contributed by atoms with van der Waals surface area (Å²) in [6.45, 7) is 3.70. The Labute approximate surface area is 131 Å². The Bertz CT molecular complexity index is 802. The molecule has 0 aliphatic heterocycles. The lowest BCUT2D eigenvalue weighted by Crippen LogP contribution is -2.17. The van der Waals surface area contributed by atoms with Crippen LogP contribution in [0.1, 0.15) is 17.1 Å². The lowest BCUT2D eigenvalue weighted by atomic mass is 10.2. The van der Waals surface area contributed by atoms with Crippen molar-refractivity contribution in [3.8, 4) is 10.8 Å². The van der Waals surface area contributed by atoms with Crippen molar-refractivity contribution in [3.05, 3.63) is 40.7 Å². The van der Waals surface area contributed by atoms with E-state index in [0.29, 0.717) is 23.2 Å². The van der Waals surface area contributed by atoms with Crippen molar-refractivity contribution in [3.63, 3.8) is 0 Å². The number of carbonyl (C=O) groups is 1. The molecule has 6 nitrogen and oxygen atoms in total. The van der Waals surface area contributed by atoms with E-state index in [1.54, 1.807) is 23.1 Å². The molecule has 3 aromatic rings. The molecule has 0 spiro atoms. The summed E-state index contributed by atoms with van der Waals surface area (Å²) in [6, 6.07) is 5.71. The van der Waals surface area contributed by atoms with Crippen molar-refractivity contribution in [2.24, 2.45) is 7.05 Å². The highest BCUT2D eigenvalue weighted by Gasteiger charge is 2.16. The maximum atomic E-state index is 12.2. The molecule has 0 fully saturated rings. The van der Waals surface area contributed by atoms with Gasteiger partial charge in [0, 0.05) is 13.1 Å². The van der Waals surface area contributed by atoms with Crippen LogP contribution in [-0.4, -0.2) is 20.7 Å². The standard InChI is InChI=1S/C15H16N4O2S/c1-9-7-13(19(3)18-9)17-14(20)8-11-10(2)21-15(16-11)12-5-4-6-22-12/h4-7H,8H2,1-3H3,(H,17,20). The van der Waals surface area contributed by atoms with Gasteiger partial charge in [0.2, 0.25) is 11.8 Å². The average Bonchev–Trinajstić information content (AvgIpc) is 3.14. The van der Waals surface area contributed by atoms with Crippen molar-refractivity contribution in [2.75, 3.05) is 5.32 Å². The molecule has 0 aromatic carbocycles. The minimum absolute atomic E-state index is 0.142. The highest BCUT2D eigenvalue weighted by molar-refractivity contribution is 7.13. The van der Waals surface area contributed by atoms with Crippen LogP contribution in [0.5, 0.6) is 0 Å². The van der Waals surface area contributed by atoms with E-state index in [1.807, 2.05) is 37.4 Å². The number of rotatable bonds is 4. The number of hydrogen-bond donors (Lipinski definition) is 1. The third-order valence-electron chi connectivity index (χ3n) is 3.22. The first-order chi connectivity index (χ1) is 10.5. The molecule has 0 atom stereocenters. The number of hydrogen-bond acceptors (Lipinski definition) is 5. The molecule has 0 radical (unpaired) electrons. The fraction of sp³-hybridized carbons (Fsp3) is 0.267. The van der Waals surface area contributed by atoms with E-state index in [1.165, 1.54) is 0 Å². The van der Waals surface area contributed by atoms with Crippen LogP contribution in [0.25, 0.3) is 10.8 Å². The molecule has 7 heteroatoms. The first-order valence-electron chi connectivity index (χ1n) is 6.83. The quantitative estimate of drug-likeness (QED) is 0.803. The fourth-order valence-electron chi connectivity index (χ4n) is 2.16. The molecule has 1 amide bonds. The van der Waals surface area contributed by atoms with E-state index < -0.39 is 0 Å². The second kappa shape index (κ2) is 5.76. The predicted molar refractivity (Wildman–Crippen MR) is 84.8 cm³/mol. The summed E-state index contributed by atoms with van der Waals surface area (Å²) in [5, 5.41) is 8.99. The van der Waals surface area contributed by atoms with Crippen molar-refractivity contribution in [1.29, 1.82) is 0 Å². The van der Waals surface area contributed by atoms with Crippen LogP contribution >= 0.6 is 11.3 Å². The highest BCUT2D eigenvalue weighted by atomic mass is 32.1. The maximum absolute atomic E-state index is 12.2. The number of anilines is 1.